The predicted octanol–water partition coefficient (Wildman–Crippen LogP) is 3.93. The highest BCUT2D eigenvalue weighted by molar-refractivity contribution is 5.89. The minimum Gasteiger partial charge on any atom is -0.478 e. The van der Waals surface area contributed by atoms with Crippen LogP contribution in [0.5, 0.6) is 0 Å². The second-order valence-corrected chi connectivity index (χ2v) is 5.98. The number of benzene rings is 1. The summed E-state index contributed by atoms with van der Waals surface area (Å²) >= 11 is 0. The molecule has 104 valence electrons. The highest BCUT2D eigenvalue weighted by Crippen LogP contribution is 2.31. The summed E-state index contributed by atoms with van der Waals surface area (Å²) in [7, 11) is 0. The lowest BCUT2D eigenvalue weighted by Crippen LogP contribution is -2.33. The van der Waals surface area contributed by atoms with E-state index in [1.165, 1.54) is 19.3 Å². The van der Waals surface area contributed by atoms with Gasteiger partial charge in [-0.1, -0.05) is 19.9 Å². The summed E-state index contributed by atoms with van der Waals surface area (Å²) < 4.78 is 0. The van der Waals surface area contributed by atoms with Crippen LogP contribution in [0.4, 0.5) is 5.69 Å². The number of hydrogen-bond donors (Lipinski definition) is 2. The van der Waals surface area contributed by atoms with E-state index in [9.17, 15) is 4.79 Å². The van der Waals surface area contributed by atoms with E-state index in [0.29, 0.717) is 17.5 Å². The van der Waals surface area contributed by atoms with Crippen molar-refractivity contribution in [3.8, 4) is 0 Å². The minimum atomic E-state index is -0.867. The molecule has 3 nitrogen and oxygen atoms in total. The molecule has 0 amide bonds. The molecule has 0 bridgehead atoms. The van der Waals surface area contributed by atoms with E-state index in [1.54, 1.807) is 12.1 Å². The Bertz CT molecular complexity index is 470. The van der Waals surface area contributed by atoms with Gasteiger partial charge in [-0.3, -0.25) is 0 Å². The highest BCUT2D eigenvalue weighted by atomic mass is 16.4. The van der Waals surface area contributed by atoms with Crippen molar-refractivity contribution in [2.45, 2.75) is 46.1 Å². The third kappa shape index (κ3) is 3.28. The average Bonchev–Trinajstić information content (AvgIpc) is 2.34. The van der Waals surface area contributed by atoms with Gasteiger partial charge in [0, 0.05) is 11.7 Å². The number of aromatic carboxylic acids is 1. The fourth-order valence-electron chi connectivity index (χ4n) is 2.99. The molecule has 2 N–H and O–H groups in total. The average molecular weight is 261 g/mol. The van der Waals surface area contributed by atoms with Gasteiger partial charge >= 0.3 is 5.97 Å². The van der Waals surface area contributed by atoms with E-state index in [0.717, 1.165) is 17.2 Å². The Hall–Kier alpha value is -1.51. The van der Waals surface area contributed by atoms with Crippen molar-refractivity contribution in [2.24, 2.45) is 11.8 Å². The molecule has 3 atom stereocenters. The van der Waals surface area contributed by atoms with Crippen LogP contribution in [0.2, 0.25) is 0 Å². The highest BCUT2D eigenvalue weighted by Gasteiger charge is 2.25. The summed E-state index contributed by atoms with van der Waals surface area (Å²) in [6, 6.07) is 5.75. The van der Waals surface area contributed by atoms with Gasteiger partial charge in [0.15, 0.2) is 0 Å². The number of rotatable bonds is 3. The molecular weight excluding hydrogens is 238 g/mol. The fourth-order valence-corrected chi connectivity index (χ4v) is 2.99. The molecule has 0 radical (unpaired) electrons. The maximum Gasteiger partial charge on any atom is 0.335 e. The molecule has 1 aromatic carbocycles. The second kappa shape index (κ2) is 5.64. The van der Waals surface area contributed by atoms with Gasteiger partial charge in [0.2, 0.25) is 0 Å². The maximum atomic E-state index is 11.0. The minimum absolute atomic E-state index is 0.352. The number of anilines is 1. The van der Waals surface area contributed by atoms with Crippen LogP contribution in [0, 0.1) is 18.8 Å². The standard InChI is InChI=1S/C16H23NO2/c1-10-4-7-14(12(3)8-10)17-15-9-13(16(18)19)6-5-11(15)2/h5-6,9-10,12,14,17H,4,7-8H2,1-3H3,(H,18,19). The number of carboxylic acids is 1. The molecule has 0 aromatic heterocycles. The van der Waals surface area contributed by atoms with E-state index in [2.05, 4.69) is 19.2 Å². The van der Waals surface area contributed by atoms with Gasteiger partial charge in [0.05, 0.1) is 5.56 Å². The lowest BCUT2D eigenvalue weighted by Gasteiger charge is -2.34. The van der Waals surface area contributed by atoms with Crippen molar-refractivity contribution in [1.82, 2.24) is 0 Å². The lowest BCUT2D eigenvalue weighted by atomic mass is 9.79. The SMILES string of the molecule is Cc1ccc(C(=O)O)cc1NC1CCC(C)CC1C. The molecule has 0 saturated heterocycles. The molecule has 2 rings (SSSR count). The van der Waals surface area contributed by atoms with Crippen LogP contribution >= 0.6 is 0 Å². The zero-order chi connectivity index (χ0) is 14.0. The Labute approximate surface area is 115 Å². The smallest absolute Gasteiger partial charge is 0.335 e. The van der Waals surface area contributed by atoms with E-state index >= 15 is 0 Å². The number of hydrogen-bond acceptors (Lipinski definition) is 2. The molecule has 1 aliphatic carbocycles. The first kappa shape index (κ1) is 13.9. The normalized spacial score (nSPS) is 27.0. The first-order valence-electron chi connectivity index (χ1n) is 7.08. The molecule has 0 heterocycles. The molecule has 0 spiro atoms. The maximum absolute atomic E-state index is 11.0. The van der Waals surface area contributed by atoms with E-state index in [-0.39, 0.29) is 0 Å². The monoisotopic (exact) mass is 261 g/mol. The Balaban J connectivity index is 2.14. The van der Waals surface area contributed by atoms with E-state index in [1.807, 2.05) is 13.0 Å². The molecule has 1 aromatic rings. The largest absolute Gasteiger partial charge is 0.478 e. The molecule has 1 aliphatic rings. The third-order valence-corrected chi connectivity index (χ3v) is 4.26. The molecule has 3 heteroatoms. The van der Waals surface area contributed by atoms with Crippen LogP contribution in [-0.2, 0) is 0 Å². The molecule has 0 aliphatic heterocycles. The van der Waals surface area contributed by atoms with Gasteiger partial charge in [-0.2, -0.15) is 0 Å². The number of aryl methyl sites for hydroxylation is 1. The predicted molar refractivity (Wildman–Crippen MR) is 77.7 cm³/mol. The summed E-state index contributed by atoms with van der Waals surface area (Å²) in [5.41, 5.74) is 2.42. The van der Waals surface area contributed by atoms with Crippen LogP contribution < -0.4 is 5.32 Å². The summed E-state index contributed by atoms with van der Waals surface area (Å²) in [6.45, 7) is 6.61. The summed E-state index contributed by atoms with van der Waals surface area (Å²) in [5, 5.41) is 12.6. The number of carboxylic acid groups (broad SMARTS) is 1. The molecule has 1 saturated carbocycles. The van der Waals surface area contributed by atoms with Crippen molar-refractivity contribution in [3.05, 3.63) is 29.3 Å². The quantitative estimate of drug-likeness (QED) is 0.866. The molecule has 19 heavy (non-hydrogen) atoms. The Morgan fingerprint density at radius 2 is 2.05 bits per heavy atom. The van der Waals surface area contributed by atoms with Gasteiger partial charge in [0.25, 0.3) is 0 Å². The van der Waals surface area contributed by atoms with E-state index in [4.69, 9.17) is 5.11 Å². The molecule has 1 fully saturated rings. The van der Waals surface area contributed by atoms with Crippen molar-refractivity contribution < 1.29 is 9.90 Å². The van der Waals surface area contributed by atoms with Crippen molar-refractivity contribution >= 4 is 11.7 Å². The van der Waals surface area contributed by atoms with Gasteiger partial charge in [-0.05, 0) is 55.7 Å². The Morgan fingerprint density at radius 1 is 1.32 bits per heavy atom. The van der Waals surface area contributed by atoms with Gasteiger partial charge < -0.3 is 10.4 Å². The zero-order valence-electron chi connectivity index (χ0n) is 11.9. The molecule has 3 unspecified atom stereocenters. The topological polar surface area (TPSA) is 49.3 Å². The first-order valence-corrected chi connectivity index (χ1v) is 7.08. The Morgan fingerprint density at radius 3 is 2.68 bits per heavy atom. The second-order valence-electron chi connectivity index (χ2n) is 5.98. The fraction of sp³-hybridized carbons (Fsp3) is 0.562. The van der Waals surface area contributed by atoms with E-state index < -0.39 is 5.97 Å². The van der Waals surface area contributed by atoms with Gasteiger partial charge in [0.1, 0.15) is 0 Å². The van der Waals surface area contributed by atoms with Crippen LogP contribution in [0.3, 0.4) is 0 Å². The zero-order valence-corrected chi connectivity index (χ0v) is 11.9. The third-order valence-electron chi connectivity index (χ3n) is 4.26. The number of nitrogens with one attached hydrogen (secondary N) is 1. The van der Waals surface area contributed by atoms with Crippen LogP contribution in [0.25, 0.3) is 0 Å². The summed E-state index contributed by atoms with van der Waals surface area (Å²) in [4.78, 5) is 11.0. The van der Waals surface area contributed by atoms with Crippen molar-refractivity contribution in [3.63, 3.8) is 0 Å². The lowest BCUT2D eigenvalue weighted by molar-refractivity contribution is 0.0697. The van der Waals surface area contributed by atoms with Gasteiger partial charge in [-0.15, -0.1) is 0 Å². The Kier molecular flexibility index (Phi) is 4.13. The summed E-state index contributed by atoms with van der Waals surface area (Å²) in [6.07, 6.45) is 3.66. The van der Waals surface area contributed by atoms with Crippen LogP contribution in [-0.4, -0.2) is 17.1 Å². The summed E-state index contributed by atoms with van der Waals surface area (Å²) in [5.74, 6) is 0.574. The number of carbonyl (C=O) groups is 1. The molecular formula is C16H23NO2. The first-order chi connectivity index (χ1) is 8.97. The van der Waals surface area contributed by atoms with Crippen LogP contribution in [0.1, 0.15) is 49.0 Å². The van der Waals surface area contributed by atoms with Crippen LogP contribution in [0.15, 0.2) is 18.2 Å². The van der Waals surface area contributed by atoms with Gasteiger partial charge in [-0.25, -0.2) is 4.79 Å². The van der Waals surface area contributed by atoms with Crippen molar-refractivity contribution in [2.75, 3.05) is 5.32 Å². The van der Waals surface area contributed by atoms with Crippen molar-refractivity contribution in [1.29, 1.82) is 0 Å².